The Balaban J connectivity index is 2.48. The molecule has 0 aliphatic carbocycles. The van der Waals surface area contributed by atoms with Crippen molar-refractivity contribution in [2.24, 2.45) is 0 Å². The van der Waals surface area contributed by atoms with E-state index in [-0.39, 0.29) is 0 Å². The Bertz CT molecular complexity index is 488. The van der Waals surface area contributed by atoms with Gasteiger partial charge in [-0.1, -0.05) is 25.1 Å². The van der Waals surface area contributed by atoms with Gasteiger partial charge in [0.05, 0.1) is 11.8 Å². The average molecular weight is 230 g/mol. The van der Waals surface area contributed by atoms with Gasteiger partial charge in [-0.2, -0.15) is 0 Å². The van der Waals surface area contributed by atoms with Gasteiger partial charge in [0.2, 0.25) is 0 Å². The van der Waals surface area contributed by atoms with Crippen LogP contribution < -0.4 is 0 Å². The monoisotopic (exact) mass is 230 g/mol. The van der Waals surface area contributed by atoms with Gasteiger partial charge < -0.3 is 9.67 Å². The molecule has 17 heavy (non-hydrogen) atoms. The molecule has 1 N–H and O–H groups in total. The molecule has 0 aliphatic rings. The first-order valence-electron chi connectivity index (χ1n) is 6.03. The second kappa shape index (κ2) is 5.15. The minimum atomic E-state index is -0.469. The normalized spacial score (nSPS) is 12.6. The first kappa shape index (κ1) is 11.9. The number of rotatable bonds is 4. The van der Waals surface area contributed by atoms with E-state index >= 15 is 0 Å². The molecule has 2 aromatic rings. The first-order chi connectivity index (χ1) is 8.24. The molecular formula is C14H18N2O. The maximum atomic E-state index is 9.79. The molecule has 0 spiro atoms. The number of aryl methyl sites for hydroxylation is 1. The zero-order valence-electron chi connectivity index (χ0n) is 10.3. The fraction of sp³-hybridized carbons (Fsp3) is 0.357. The summed E-state index contributed by atoms with van der Waals surface area (Å²) in [4.78, 5) is 4.36. The van der Waals surface area contributed by atoms with Crippen LogP contribution in [0.4, 0.5) is 0 Å². The number of hydrogen-bond acceptors (Lipinski definition) is 2. The van der Waals surface area contributed by atoms with E-state index in [1.807, 2.05) is 36.7 Å². The molecule has 0 amide bonds. The number of aliphatic hydroxyl groups is 1. The summed E-state index contributed by atoms with van der Waals surface area (Å²) < 4.78 is 2.06. The van der Waals surface area contributed by atoms with Gasteiger partial charge in [-0.3, -0.25) is 0 Å². The van der Waals surface area contributed by atoms with E-state index in [9.17, 15) is 5.11 Å². The summed E-state index contributed by atoms with van der Waals surface area (Å²) in [6, 6.07) is 7.90. The Morgan fingerprint density at radius 1 is 1.35 bits per heavy atom. The molecule has 0 aliphatic heterocycles. The molecule has 3 heteroatoms. The van der Waals surface area contributed by atoms with Gasteiger partial charge in [-0.05, 0) is 19.4 Å². The maximum absolute atomic E-state index is 9.79. The van der Waals surface area contributed by atoms with Crippen LogP contribution in [0.1, 0.15) is 37.8 Å². The van der Waals surface area contributed by atoms with Gasteiger partial charge in [-0.25, -0.2) is 4.98 Å². The Labute approximate surface area is 102 Å². The summed E-state index contributed by atoms with van der Waals surface area (Å²) in [7, 11) is 0. The molecule has 1 atom stereocenters. The number of imidazole rings is 1. The van der Waals surface area contributed by atoms with E-state index in [0.717, 1.165) is 29.9 Å². The second-order valence-corrected chi connectivity index (χ2v) is 4.20. The molecule has 0 saturated heterocycles. The van der Waals surface area contributed by atoms with Crippen molar-refractivity contribution < 1.29 is 5.11 Å². The second-order valence-electron chi connectivity index (χ2n) is 4.20. The van der Waals surface area contributed by atoms with Crippen molar-refractivity contribution in [3.8, 4) is 5.69 Å². The fourth-order valence-electron chi connectivity index (χ4n) is 2.02. The molecule has 0 radical (unpaired) electrons. The number of hydrogen-bond donors (Lipinski definition) is 1. The zero-order valence-corrected chi connectivity index (χ0v) is 10.3. The molecule has 0 saturated carbocycles. The third kappa shape index (κ3) is 2.39. The Hall–Kier alpha value is -1.61. The van der Waals surface area contributed by atoms with Gasteiger partial charge in [0.1, 0.15) is 5.82 Å². The third-order valence-electron chi connectivity index (χ3n) is 2.84. The molecule has 0 bridgehead atoms. The minimum absolute atomic E-state index is 0.469. The Morgan fingerprint density at radius 3 is 2.82 bits per heavy atom. The van der Waals surface area contributed by atoms with E-state index in [2.05, 4.69) is 16.5 Å². The first-order valence-corrected chi connectivity index (χ1v) is 6.03. The molecule has 0 fully saturated rings. The van der Waals surface area contributed by atoms with E-state index in [1.165, 1.54) is 0 Å². The third-order valence-corrected chi connectivity index (χ3v) is 2.84. The lowest BCUT2D eigenvalue weighted by Gasteiger charge is -2.14. The summed E-state index contributed by atoms with van der Waals surface area (Å²) in [5, 5.41) is 9.79. The van der Waals surface area contributed by atoms with Gasteiger partial charge in [-0.15, -0.1) is 0 Å². The fourth-order valence-corrected chi connectivity index (χ4v) is 2.02. The van der Waals surface area contributed by atoms with Crippen molar-refractivity contribution in [2.75, 3.05) is 0 Å². The van der Waals surface area contributed by atoms with E-state index < -0.39 is 6.10 Å². The van der Waals surface area contributed by atoms with Gasteiger partial charge in [0, 0.05) is 24.4 Å². The highest BCUT2D eigenvalue weighted by Crippen LogP contribution is 2.22. The van der Waals surface area contributed by atoms with E-state index in [1.54, 1.807) is 6.92 Å². The quantitative estimate of drug-likeness (QED) is 0.877. The summed E-state index contributed by atoms with van der Waals surface area (Å²) in [5.41, 5.74) is 1.95. The van der Waals surface area contributed by atoms with Crippen molar-refractivity contribution in [3.63, 3.8) is 0 Å². The summed E-state index contributed by atoms with van der Waals surface area (Å²) in [6.45, 7) is 3.93. The number of benzene rings is 1. The van der Waals surface area contributed by atoms with Crippen molar-refractivity contribution in [3.05, 3.63) is 48.0 Å². The summed E-state index contributed by atoms with van der Waals surface area (Å²) in [6.07, 6.45) is 5.30. The lowest BCUT2D eigenvalue weighted by Crippen LogP contribution is -2.05. The van der Waals surface area contributed by atoms with Crippen LogP contribution in [0.2, 0.25) is 0 Å². The summed E-state index contributed by atoms with van der Waals surface area (Å²) in [5.74, 6) is 1.04. The standard InChI is InChI=1S/C14H18N2O/c1-3-6-14-15-9-10-16(14)13-8-5-4-7-12(13)11(2)17/h4-5,7-11,17H,3,6H2,1-2H3/t11-/m1/s1. The van der Waals surface area contributed by atoms with Crippen LogP contribution in [0, 0.1) is 0 Å². The topological polar surface area (TPSA) is 38.0 Å². The predicted octanol–water partition coefficient (Wildman–Crippen LogP) is 2.88. The highest BCUT2D eigenvalue weighted by atomic mass is 16.3. The Kier molecular flexibility index (Phi) is 3.59. The number of nitrogens with zero attached hydrogens (tertiary/aromatic N) is 2. The number of aromatic nitrogens is 2. The van der Waals surface area contributed by atoms with Gasteiger partial charge >= 0.3 is 0 Å². The molecular weight excluding hydrogens is 212 g/mol. The maximum Gasteiger partial charge on any atom is 0.113 e. The van der Waals surface area contributed by atoms with E-state index in [4.69, 9.17) is 0 Å². The van der Waals surface area contributed by atoms with Crippen LogP contribution in [-0.2, 0) is 6.42 Å². The molecule has 1 aromatic carbocycles. The minimum Gasteiger partial charge on any atom is -0.389 e. The number of aliphatic hydroxyl groups excluding tert-OH is 1. The van der Waals surface area contributed by atoms with Crippen molar-refractivity contribution in [1.29, 1.82) is 0 Å². The van der Waals surface area contributed by atoms with Gasteiger partial charge in [0.25, 0.3) is 0 Å². The van der Waals surface area contributed by atoms with Gasteiger partial charge in [0.15, 0.2) is 0 Å². The smallest absolute Gasteiger partial charge is 0.113 e. The molecule has 1 heterocycles. The average Bonchev–Trinajstić information content (AvgIpc) is 2.77. The van der Waals surface area contributed by atoms with Crippen LogP contribution in [0.5, 0.6) is 0 Å². The predicted molar refractivity (Wildman–Crippen MR) is 68.2 cm³/mol. The largest absolute Gasteiger partial charge is 0.389 e. The molecule has 3 nitrogen and oxygen atoms in total. The Morgan fingerprint density at radius 2 is 2.12 bits per heavy atom. The zero-order chi connectivity index (χ0) is 12.3. The van der Waals surface area contributed by atoms with Crippen LogP contribution in [0.3, 0.4) is 0 Å². The highest BCUT2D eigenvalue weighted by molar-refractivity contribution is 5.43. The van der Waals surface area contributed by atoms with Crippen LogP contribution in [0.25, 0.3) is 5.69 Å². The summed E-state index contributed by atoms with van der Waals surface area (Å²) >= 11 is 0. The lowest BCUT2D eigenvalue weighted by atomic mass is 10.1. The van der Waals surface area contributed by atoms with Crippen LogP contribution in [-0.4, -0.2) is 14.7 Å². The highest BCUT2D eigenvalue weighted by Gasteiger charge is 2.11. The van der Waals surface area contributed by atoms with Crippen molar-refractivity contribution >= 4 is 0 Å². The lowest BCUT2D eigenvalue weighted by molar-refractivity contribution is 0.199. The van der Waals surface area contributed by atoms with Crippen molar-refractivity contribution in [1.82, 2.24) is 9.55 Å². The molecule has 2 rings (SSSR count). The molecule has 1 aromatic heterocycles. The van der Waals surface area contributed by atoms with Crippen LogP contribution in [0.15, 0.2) is 36.7 Å². The number of para-hydroxylation sites is 1. The van der Waals surface area contributed by atoms with Crippen molar-refractivity contribution in [2.45, 2.75) is 32.8 Å². The van der Waals surface area contributed by atoms with Crippen LogP contribution >= 0.6 is 0 Å². The SMILES string of the molecule is CCCc1nccn1-c1ccccc1[C@@H](C)O. The molecule has 0 unspecified atom stereocenters. The van der Waals surface area contributed by atoms with E-state index in [0.29, 0.717) is 0 Å². The molecule has 90 valence electrons.